The average Bonchev–Trinajstić information content (AvgIpc) is 1.31. The molecule has 0 aliphatic heterocycles. The molecule has 0 spiro atoms. The lowest BCUT2D eigenvalue weighted by atomic mass is 9.87. The molecule has 0 nitrogen and oxygen atoms in total. The maximum atomic E-state index is 3.34. The monoisotopic (exact) mass is 96.0 g/mol. The molecule has 0 aromatic heterocycles. The van der Waals surface area contributed by atoms with Gasteiger partial charge < -0.3 is 0 Å². The minimum atomic E-state index is 0.904. The van der Waals surface area contributed by atoms with Crippen molar-refractivity contribution in [2.75, 3.05) is 0 Å². The van der Waals surface area contributed by atoms with Gasteiger partial charge in [-0.15, -0.1) is 0 Å². The van der Waals surface area contributed by atoms with Crippen LogP contribution in [0.15, 0.2) is 0 Å². The number of hydrogen-bond acceptors (Lipinski definition) is 0. The van der Waals surface area contributed by atoms with Gasteiger partial charge in [0.05, 0.1) is 0 Å². The highest BCUT2D eigenvalue weighted by atomic mass is 28.1. The molecule has 0 saturated heterocycles. The first kappa shape index (κ1) is 4.25. The molecular weight excluding hydrogens is 88.1 g/mol. The van der Waals surface area contributed by atoms with E-state index in [1.165, 1.54) is 19.3 Å². The van der Waals surface area contributed by atoms with Crippen LogP contribution in [0.2, 0.25) is 0 Å². The summed E-state index contributed by atoms with van der Waals surface area (Å²) in [7, 11) is 3.34. The van der Waals surface area contributed by atoms with Crippen molar-refractivity contribution in [3.63, 3.8) is 0 Å². The lowest BCUT2D eigenvalue weighted by Crippen LogP contribution is -2.11. The van der Waals surface area contributed by atoms with E-state index >= 15 is 0 Å². The van der Waals surface area contributed by atoms with Crippen LogP contribution in [-0.4, -0.2) is 15.5 Å². The van der Waals surface area contributed by atoms with Crippen molar-refractivity contribution in [2.24, 2.45) is 5.92 Å². The highest BCUT2D eigenvalue weighted by Crippen LogP contribution is 2.23. The quantitative estimate of drug-likeness (QED) is 0.423. The first-order valence-corrected chi connectivity index (χ1v) is 3.02. The van der Waals surface area contributed by atoms with Crippen molar-refractivity contribution in [2.45, 2.75) is 19.3 Å². The predicted molar refractivity (Wildman–Crippen MR) is 29.2 cm³/mol. The predicted octanol–water partition coefficient (Wildman–Crippen LogP) is 0.757. The highest BCUT2D eigenvalue weighted by Gasteiger charge is 2.11. The third-order valence-electron chi connectivity index (χ3n) is 1.39. The van der Waals surface area contributed by atoms with Crippen molar-refractivity contribution in [1.29, 1.82) is 0 Å². The molecule has 1 saturated carbocycles. The van der Waals surface area contributed by atoms with Crippen LogP contribution in [0.4, 0.5) is 0 Å². The van der Waals surface area contributed by atoms with E-state index in [2.05, 4.69) is 15.5 Å². The molecule has 0 aromatic carbocycles. The average molecular weight is 96.2 g/mol. The Morgan fingerprint density at radius 2 is 2.17 bits per heavy atom. The fourth-order valence-corrected chi connectivity index (χ4v) is 0.940. The van der Waals surface area contributed by atoms with Gasteiger partial charge in [0, 0.05) is 9.85 Å². The van der Waals surface area contributed by atoms with Gasteiger partial charge in [0.25, 0.3) is 0 Å². The number of rotatable bonds is 1. The molecule has 0 amide bonds. The molecule has 32 valence electrons. The van der Waals surface area contributed by atoms with E-state index in [0.717, 1.165) is 5.92 Å². The molecule has 0 unspecified atom stereocenters. The topological polar surface area (TPSA) is 0 Å². The molecule has 0 atom stereocenters. The first-order chi connectivity index (χ1) is 2.93. The summed E-state index contributed by atoms with van der Waals surface area (Å²) in [4.78, 5) is 0. The molecule has 1 aliphatic carbocycles. The Morgan fingerprint density at radius 1 is 1.50 bits per heavy atom. The van der Waals surface area contributed by atoms with Crippen LogP contribution >= 0.6 is 0 Å². The minimum absolute atomic E-state index is 0.904. The number of hydrogen-bond donors (Lipinski definition) is 0. The van der Waals surface area contributed by atoms with E-state index in [1.807, 2.05) is 0 Å². The lowest BCUT2D eigenvalue weighted by Gasteiger charge is -2.20. The molecule has 6 heavy (non-hydrogen) atoms. The van der Waals surface area contributed by atoms with Crippen LogP contribution in [0.5, 0.6) is 0 Å². The van der Waals surface area contributed by atoms with Gasteiger partial charge in [-0.1, -0.05) is 12.1 Å². The standard InChI is InChI=1S/C5H8Si/c6-4-5-2-1-3-5/h4-5H,1-3H2. The van der Waals surface area contributed by atoms with E-state index in [-0.39, 0.29) is 0 Å². The maximum absolute atomic E-state index is 3.34. The van der Waals surface area contributed by atoms with Crippen LogP contribution in [0.3, 0.4) is 0 Å². The summed E-state index contributed by atoms with van der Waals surface area (Å²) in [6, 6.07) is 0. The summed E-state index contributed by atoms with van der Waals surface area (Å²) in [6.07, 6.45) is 4.25. The van der Waals surface area contributed by atoms with Gasteiger partial charge >= 0.3 is 0 Å². The summed E-state index contributed by atoms with van der Waals surface area (Å²) >= 11 is 0. The Balaban J connectivity index is 2.16. The molecule has 2 radical (unpaired) electrons. The zero-order chi connectivity index (χ0) is 4.41. The third kappa shape index (κ3) is 0.595. The second-order valence-corrected chi connectivity index (χ2v) is 2.19. The van der Waals surface area contributed by atoms with Gasteiger partial charge in [-0.3, -0.25) is 0 Å². The van der Waals surface area contributed by atoms with Gasteiger partial charge in [-0.2, -0.15) is 0 Å². The zero-order valence-electron chi connectivity index (χ0n) is 3.78. The smallest absolute Gasteiger partial charge is 0.0251 e. The molecular formula is C5H8Si. The van der Waals surface area contributed by atoms with E-state index < -0.39 is 0 Å². The van der Waals surface area contributed by atoms with E-state index in [4.69, 9.17) is 0 Å². The summed E-state index contributed by atoms with van der Waals surface area (Å²) in [6.45, 7) is 0. The van der Waals surface area contributed by atoms with Gasteiger partial charge in [0.15, 0.2) is 0 Å². The van der Waals surface area contributed by atoms with E-state index in [9.17, 15) is 0 Å². The third-order valence-corrected chi connectivity index (χ3v) is 1.86. The SMILES string of the molecule is [Si]=CC1CCC1. The summed E-state index contributed by atoms with van der Waals surface area (Å²) < 4.78 is 0. The fraction of sp³-hybridized carbons (Fsp3) is 0.800. The fourth-order valence-electron chi connectivity index (χ4n) is 0.606. The molecule has 0 aromatic rings. The first-order valence-electron chi connectivity index (χ1n) is 2.44. The van der Waals surface area contributed by atoms with Crippen LogP contribution in [0.25, 0.3) is 0 Å². The van der Waals surface area contributed by atoms with Crippen molar-refractivity contribution in [3.8, 4) is 0 Å². The normalized spacial score (nSPS) is 22.7. The molecule has 0 bridgehead atoms. The molecule has 0 N–H and O–H groups in total. The Hall–Kier alpha value is 0.0869. The maximum Gasteiger partial charge on any atom is 0.0251 e. The second kappa shape index (κ2) is 1.69. The Kier molecular flexibility index (Phi) is 1.20. The van der Waals surface area contributed by atoms with E-state index in [1.54, 1.807) is 0 Å². The van der Waals surface area contributed by atoms with Gasteiger partial charge in [0.2, 0.25) is 0 Å². The van der Waals surface area contributed by atoms with Crippen LogP contribution < -0.4 is 0 Å². The van der Waals surface area contributed by atoms with Gasteiger partial charge in [-0.05, 0) is 18.8 Å². The van der Waals surface area contributed by atoms with Crippen molar-refractivity contribution >= 4 is 15.5 Å². The summed E-state index contributed by atoms with van der Waals surface area (Å²) in [5.74, 6) is 0.904. The van der Waals surface area contributed by atoms with Crippen LogP contribution in [0.1, 0.15) is 19.3 Å². The van der Waals surface area contributed by atoms with Crippen molar-refractivity contribution < 1.29 is 0 Å². The second-order valence-electron chi connectivity index (χ2n) is 1.86. The molecule has 1 heteroatoms. The Labute approximate surface area is 41.6 Å². The highest BCUT2D eigenvalue weighted by molar-refractivity contribution is 6.28. The Morgan fingerprint density at radius 3 is 2.17 bits per heavy atom. The van der Waals surface area contributed by atoms with Crippen molar-refractivity contribution in [1.82, 2.24) is 0 Å². The van der Waals surface area contributed by atoms with Crippen LogP contribution in [0, 0.1) is 5.92 Å². The van der Waals surface area contributed by atoms with E-state index in [0.29, 0.717) is 0 Å². The molecule has 0 heterocycles. The Bertz CT molecular complexity index is 55.0. The summed E-state index contributed by atoms with van der Waals surface area (Å²) in [5.41, 5.74) is 2.11. The van der Waals surface area contributed by atoms with Crippen molar-refractivity contribution in [3.05, 3.63) is 0 Å². The molecule has 1 fully saturated rings. The molecule has 1 aliphatic rings. The lowest BCUT2D eigenvalue weighted by molar-refractivity contribution is 0.424. The van der Waals surface area contributed by atoms with Crippen LogP contribution in [-0.2, 0) is 0 Å². The summed E-state index contributed by atoms with van der Waals surface area (Å²) in [5, 5.41) is 0. The molecule has 1 rings (SSSR count). The van der Waals surface area contributed by atoms with Gasteiger partial charge in [-0.25, -0.2) is 0 Å². The largest absolute Gasteiger partial charge is 0.0998 e. The minimum Gasteiger partial charge on any atom is -0.0998 e. The van der Waals surface area contributed by atoms with Gasteiger partial charge in [0.1, 0.15) is 0 Å². The zero-order valence-corrected chi connectivity index (χ0v) is 4.78.